The van der Waals surface area contributed by atoms with Crippen molar-refractivity contribution in [2.75, 3.05) is 5.32 Å². The van der Waals surface area contributed by atoms with Crippen LogP contribution in [-0.2, 0) is 4.79 Å². The van der Waals surface area contributed by atoms with Crippen LogP contribution in [0.25, 0.3) is 6.08 Å². The van der Waals surface area contributed by atoms with Gasteiger partial charge in [0.2, 0.25) is 0 Å². The van der Waals surface area contributed by atoms with Gasteiger partial charge in [0.25, 0.3) is 5.91 Å². The number of rotatable bonds is 5. The fourth-order valence-electron chi connectivity index (χ4n) is 2.09. The molecule has 3 rings (SSSR count). The molecule has 0 radical (unpaired) electrons. The largest absolute Gasteiger partial charge is 0.450 e. The number of benzene rings is 2. The predicted octanol–water partition coefficient (Wildman–Crippen LogP) is 5.12. The molecule has 0 saturated carbocycles. The molecule has 4 nitrogen and oxygen atoms in total. The minimum atomic E-state index is -0.590. The van der Waals surface area contributed by atoms with E-state index >= 15 is 0 Å². The van der Waals surface area contributed by atoms with Crippen molar-refractivity contribution in [3.05, 3.63) is 83.9 Å². The summed E-state index contributed by atoms with van der Waals surface area (Å²) in [6, 6.07) is 20.3. The Balaban J connectivity index is 1.71. The highest BCUT2D eigenvalue weighted by Crippen LogP contribution is 2.29. The standard InChI is InChI=1S/C20H13FN2O2S/c21-15-6-8-16(9-7-15)23-20(24)14(13-22)12-17-10-11-19(25-17)26-18-4-2-1-3-5-18/h1-12H,(H,23,24)/b14-12+. The Kier molecular flexibility index (Phi) is 5.52. The lowest BCUT2D eigenvalue weighted by molar-refractivity contribution is -0.112. The van der Waals surface area contributed by atoms with Gasteiger partial charge in [-0.15, -0.1) is 0 Å². The van der Waals surface area contributed by atoms with Crippen molar-refractivity contribution in [1.82, 2.24) is 0 Å². The van der Waals surface area contributed by atoms with Gasteiger partial charge in [0.15, 0.2) is 5.09 Å². The molecule has 2 aromatic carbocycles. The van der Waals surface area contributed by atoms with Crippen molar-refractivity contribution in [2.45, 2.75) is 9.99 Å². The third-order valence-electron chi connectivity index (χ3n) is 3.32. The van der Waals surface area contributed by atoms with Gasteiger partial charge in [0.1, 0.15) is 23.2 Å². The Bertz CT molecular complexity index is 973. The van der Waals surface area contributed by atoms with Crippen molar-refractivity contribution in [2.24, 2.45) is 0 Å². The molecule has 0 fully saturated rings. The van der Waals surface area contributed by atoms with E-state index in [4.69, 9.17) is 4.42 Å². The zero-order valence-corrected chi connectivity index (χ0v) is 14.3. The molecule has 1 amide bonds. The lowest BCUT2D eigenvalue weighted by Gasteiger charge is -2.03. The van der Waals surface area contributed by atoms with Gasteiger partial charge in [0.05, 0.1) is 0 Å². The zero-order valence-electron chi connectivity index (χ0n) is 13.5. The lowest BCUT2D eigenvalue weighted by atomic mass is 10.2. The lowest BCUT2D eigenvalue weighted by Crippen LogP contribution is -2.13. The number of nitrogens with zero attached hydrogens (tertiary/aromatic N) is 1. The Labute approximate surface area is 154 Å². The maximum absolute atomic E-state index is 12.9. The summed E-state index contributed by atoms with van der Waals surface area (Å²) in [6.45, 7) is 0. The van der Waals surface area contributed by atoms with Gasteiger partial charge in [0, 0.05) is 16.7 Å². The van der Waals surface area contributed by atoms with E-state index in [-0.39, 0.29) is 5.57 Å². The third-order valence-corrected chi connectivity index (χ3v) is 4.25. The van der Waals surface area contributed by atoms with Crippen LogP contribution in [-0.4, -0.2) is 5.91 Å². The highest BCUT2D eigenvalue weighted by Gasteiger charge is 2.11. The zero-order chi connectivity index (χ0) is 18.4. The summed E-state index contributed by atoms with van der Waals surface area (Å²) in [4.78, 5) is 13.2. The predicted molar refractivity (Wildman–Crippen MR) is 97.9 cm³/mol. The maximum atomic E-state index is 12.9. The molecule has 0 bridgehead atoms. The van der Waals surface area contributed by atoms with Crippen LogP contribution in [0.1, 0.15) is 5.76 Å². The molecule has 128 valence electrons. The van der Waals surface area contributed by atoms with Crippen LogP contribution >= 0.6 is 11.8 Å². The molecule has 0 atom stereocenters. The first-order valence-corrected chi connectivity index (χ1v) is 8.47. The number of nitrogens with one attached hydrogen (secondary N) is 1. The average Bonchev–Trinajstić information content (AvgIpc) is 3.09. The maximum Gasteiger partial charge on any atom is 0.266 e. The molecule has 26 heavy (non-hydrogen) atoms. The Morgan fingerprint density at radius 1 is 1.08 bits per heavy atom. The molecule has 3 aromatic rings. The topological polar surface area (TPSA) is 66.0 Å². The average molecular weight is 364 g/mol. The molecule has 0 unspecified atom stereocenters. The van der Waals surface area contributed by atoms with Crippen LogP contribution < -0.4 is 5.32 Å². The summed E-state index contributed by atoms with van der Waals surface area (Å²) in [5.41, 5.74) is 0.289. The molecule has 1 heterocycles. The minimum absolute atomic E-state index is 0.111. The van der Waals surface area contributed by atoms with E-state index in [0.29, 0.717) is 16.5 Å². The highest BCUT2D eigenvalue weighted by atomic mass is 32.2. The molecule has 0 aliphatic heterocycles. The van der Waals surface area contributed by atoms with Gasteiger partial charge in [-0.2, -0.15) is 5.26 Å². The van der Waals surface area contributed by atoms with Crippen LogP contribution in [0.3, 0.4) is 0 Å². The first kappa shape index (κ1) is 17.5. The number of anilines is 1. The number of carbonyl (C=O) groups excluding carboxylic acids is 1. The molecule has 6 heteroatoms. The van der Waals surface area contributed by atoms with Crippen molar-refractivity contribution in [1.29, 1.82) is 5.26 Å². The summed E-state index contributed by atoms with van der Waals surface area (Å²) < 4.78 is 18.5. The van der Waals surface area contributed by atoms with Crippen LogP contribution in [0.5, 0.6) is 0 Å². The monoisotopic (exact) mass is 364 g/mol. The van der Waals surface area contributed by atoms with E-state index in [9.17, 15) is 14.4 Å². The smallest absolute Gasteiger partial charge is 0.266 e. The second-order valence-corrected chi connectivity index (χ2v) is 6.28. The van der Waals surface area contributed by atoms with Gasteiger partial charge in [-0.25, -0.2) is 4.39 Å². The number of halogens is 1. The van der Waals surface area contributed by atoms with Crippen LogP contribution in [0.15, 0.2) is 86.7 Å². The molecule has 0 spiro atoms. The number of carbonyl (C=O) groups is 1. The minimum Gasteiger partial charge on any atom is -0.450 e. The molecule has 1 N–H and O–H groups in total. The van der Waals surface area contributed by atoms with Crippen molar-refractivity contribution >= 4 is 29.4 Å². The third kappa shape index (κ3) is 4.62. The number of nitriles is 1. The summed E-state index contributed by atoms with van der Waals surface area (Å²) in [7, 11) is 0. The summed E-state index contributed by atoms with van der Waals surface area (Å²) >= 11 is 1.44. The van der Waals surface area contributed by atoms with E-state index in [1.807, 2.05) is 36.4 Å². The van der Waals surface area contributed by atoms with Crippen LogP contribution in [0, 0.1) is 17.1 Å². The number of hydrogen-bond donors (Lipinski definition) is 1. The normalized spacial score (nSPS) is 11.0. The van der Waals surface area contributed by atoms with E-state index in [1.54, 1.807) is 12.1 Å². The SMILES string of the molecule is N#C/C(=C\c1ccc(Sc2ccccc2)o1)C(=O)Nc1ccc(F)cc1. The van der Waals surface area contributed by atoms with Crippen molar-refractivity contribution < 1.29 is 13.6 Å². The summed E-state index contributed by atoms with van der Waals surface area (Å²) in [5.74, 6) is -0.597. The molecule has 0 aliphatic carbocycles. The number of hydrogen-bond acceptors (Lipinski definition) is 4. The van der Waals surface area contributed by atoms with E-state index < -0.39 is 11.7 Å². The second-order valence-electron chi connectivity index (χ2n) is 5.20. The Hall–Kier alpha value is -3.30. The Morgan fingerprint density at radius 2 is 1.81 bits per heavy atom. The summed E-state index contributed by atoms with van der Waals surface area (Å²) in [5, 5.41) is 12.4. The fraction of sp³-hybridized carbons (Fsp3) is 0. The number of amides is 1. The molecule has 0 saturated heterocycles. The molecule has 0 aliphatic rings. The highest BCUT2D eigenvalue weighted by molar-refractivity contribution is 7.99. The quantitative estimate of drug-likeness (QED) is 0.504. The summed E-state index contributed by atoms with van der Waals surface area (Å²) in [6.07, 6.45) is 1.37. The van der Waals surface area contributed by atoms with Gasteiger partial charge in [-0.3, -0.25) is 4.79 Å². The van der Waals surface area contributed by atoms with Crippen LogP contribution in [0.2, 0.25) is 0 Å². The number of furan rings is 1. The molecular formula is C20H13FN2O2S. The molecular weight excluding hydrogens is 351 g/mol. The van der Waals surface area contributed by atoms with Gasteiger partial charge >= 0.3 is 0 Å². The molecule has 1 aromatic heterocycles. The Morgan fingerprint density at radius 3 is 2.50 bits per heavy atom. The van der Waals surface area contributed by atoms with E-state index in [0.717, 1.165) is 4.90 Å². The van der Waals surface area contributed by atoms with Gasteiger partial charge < -0.3 is 9.73 Å². The van der Waals surface area contributed by atoms with Crippen molar-refractivity contribution in [3.8, 4) is 6.07 Å². The first-order chi connectivity index (χ1) is 12.6. The van der Waals surface area contributed by atoms with Gasteiger partial charge in [-0.05, 0) is 48.5 Å². The van der Waals surface area contributed by atoms with Crippen molar-refractivity contribution in [3.63, 3.8) is 0 Å². The van der Waals surface area contributed by atoms with Crippen LogP contribution in [0.4, 0.5) is 10.1 Å². The first-order valence-electron chi connectivity index (χ1n) is 7.65. The fourth-order valence-corrected chi connectivity index (χ4v) is 2.89. The van der Waals surface area contributed by atoms with E-state index in [1.165, 1.54) is 42.1 Å². The van der Waals surface area contributed by atoms with E-state index in [2.05, 4.69) is 5.32 Å². The van der Waals surface area contributed by atoms with Gasteiger partial charge in [-0.1, -0.05) is 30.0 Å². The second kappa shape index (κ2) is 8.19.